The highest BCUT2D eigenvalue weighted by atomic mass is 35.5. The van der Waals surface area contributed by atoms with Gasteiger partial charge in [-0.05, 0) is 31.2 Å². The van der Waals surface area contributed by atoms with Gasteiger partial charge in [0.25, 0.3) is 0 Å². The fraction of sp³-hybridized carbons (Fsp3) is 0.611. The predicted octanol–water partition coefficient (Wildman–Crippen LogP) is 4.82. The van der Waals surface area contributed by atoms with Gasteiger partial charge in [0.1, 0.15) is 0 Å². The summed E-state index contributed by atoms with van der Waals surface area (Å²) >= 11 is 6.99. The Labute approximate surface area is 170 Å². The highest BCUT2D eigenvalue weighted by molar-refractivity contribution is 8.00. The molecule has 2 aromatic rings. The predicted molar refractivity (Wildman–Crippen MR) is 102 cm³/mol. The molecule has 4 atom stereocenters. The molecule has 2 aromatic heterocycles. The largest absolute Gasteiger partial charge is 0.417 e. The summed E-state index contributed by atoms with van der Waals surface area (Å²) in [6, 6.07) is 0.933. The lowest BCUT2D eigenvalue weighted by Gasteiger charge is -2.35. The van der Waals surface area contributed by atoms with Crippen molar-refractivity contribution in [2.24, 2.45) is 11.8 Å². The van der Waals surface area contributed by atoms with Crippen molar-refractivity contribution < 1.29 is 18.0 Å². The molecule has 2 heterocycles. The van der Waals surface area contributed by atoms with E-state index in [1.807, 2.05) is 0 Å². The van der Waals surface area contributed by atoms with Gasteiger partial charge in [-0.15, -0.1) is 10.2 Å². The SMILES string of the molecule is C[C@H]1[C@H](C)CCC[C@@H]1NC(=O)[C@@H](C)Sc1nnc2c(Cl)cc(C(F)(F)F)cn12. The molecule has 10 heteroatoms. The quantitative estimate of drug-likeness (QED) is 0.700. The number of hydrogen-bond acceptors (Lipinski definition) is 4. The Balaban J connectivity index is 1.76. The van der Waals surface area contributed by atoms with Crippen LogP contribution in [0.5, 0.6) is 0 Å². The molecule has 1 aliphatic carbocycles. The minimum absolute atomic E-state index is 0.112. The number of halogens is 4. The second-order valence-electron chi connectivity index (χ2n) is 7.39. The third-order valence-electron chi connectivity index (χ3n) is 5.44. The zero-order chi connectivity index (χ0) is 20.6. The van der Waals surface area contributed by atoms with Gasteiger partial charge < -0.3 is 5.32 Å². The molecule has 1 fully saturated rings. The van der Waals surface area contributed by atoms with Gasteiger partial charge in [0.05, 0.1) is 15.8 Å². The third kappa shape index (κ3) is 4.40. The number of thioether (sulfide) groups is 1. The number of fused-ring (bicyclic) bond motifs is 1. The molecule has 1 amide bonds. The van der Waals surface area contributed by atoms with Crippen molar-refractivity contribution in [1.82, 2.24) is 19.9 Å². The van der Waals surface area contributed by atoms with Gasteiger partial charge in [-0.1, -0.05) is 50.1 Å². The number of nitrogens with zero attached hydrogens (tertiary/aromatic N) is 3. The van der Waals surface area contributed by atoms with Gasteiger partial charge in [-0.2, -0.15) is 13.2 Å². The molecule has 0 spiro atoms. The smallest absolute Gasteiger partial charge is 0.352 e. The van der Waals surface area contributed by atoms with Crippen molar-refractivity contribution >= 4 is 34.9 Å². The van der Waals surface area contributed by atoms with Gasteiger partial charge in [-0.25, -0.2) is 0 Å². The molecule has 0 aromatic carbocycles. The van der Waals surface area contributed by atoms with Crippen LogP contribution < -0.4 is 5.32 Å². The first-order valence-corrected chi connectivity index (χ1v) is 10.4. The van der Waals surface area contributed by atoms with Crippen LogP contribution in [0.15, 0.2) is 17.4 Å². The Kier molecular flexibility index (Phi) is 6.14. The van der Waals surface area contributed by atoms with Crippen molar-refractivity contribution in [2.75, 3.05) is 0 Å². The molecule has 3 rings (SSSR count). The first kappa shape index (κ1) is 21.2. The summed E-state index contributed by atoms with van der Waals surface area (Å²) in [5.74, 6) is 0.771. The summed E-state index contributed by atoms with van der Waals surface area (Å²) in [6.07, 6.45) is -0.468. The monoisotopic (exact) mass is 434 g/mol. The van der Waals surface area contributed by atoms with E-state index in [4.69, 9.17) is 11.6 Å². The fourth-order valence-corrected chi connectivity index (χ4v) is 4.54. The molecule has 0 radical (unpaired) electrons. The third-order valence-corrected chi connectivity index (χ3v) is 6.78. The second kappa shape index (κ2) is 8.10. The number of carbonyl (C=O) groups excluding carboxylic acids is 1. The van der Waals surface area contributed by atoms with Gasteiger partial charge in [-0.3, -0.25) is 9.20 Å². The highest BCUT2D eigenvalue weighted by Gasteiger charge is 2.33. The van der Waals surface area contributed by atoms with Crippen LogP contribution in [0.25, 0.3) is 5.65 Å². The van der Waals surface area contributed by atoms with Crippen LogP contribution in [0.2, 0.25) is 5.02 Å². The maximum absolute atomic E-state index is 13.1. The number of nitrogens with one attached hydrogen (secondary N) is 1. The van der Waals surface area contributed by atoms with E-state index >= 15 is 0 Å². The van der Waals surface area contributed by atoms with Crippen molar-refractivity contribution in [3.63, 3.8) is 0 Å². The second-order valence-corrected chi connectivity index (χ2v) is 9.11. The van der Waals surface area contributed by atoms with Crippen LogP contribution in [0.4, 0.5) is 13.2 Å². The van der Waals surface area contributed by atoms with Crippen LogP contribution in [-0.4, -0.2) is 31.8 Å². The van der Waals surface area contributed by atoms with E-state index in [-0.39, 0.29) is 27.8 Å². The molecule has 28 heavy (non-hydrogen) atoms. The molecule has 0 saturated heterocycles. The first-order chi connectivity index (χ1) is 13.1. The Morgan fingerprint density at radius 3 is 2.75 bits per heavy atom. The number of rotatable bonds is 4. The van der Waals surface area contributed by atoms with Crippen molar-refractivity contribution in [3.05, 3.63) is 22.8 Å². The molecule has 1 saturated carbocycles. The lowest BCUT2D eigenvalue weighted by molar-refractivity contribution is -0.137. The number of amides is 1. The number of pyridine rings is 1. The highest BCUT2D eigenvalue weighted by Crippen LogP contribution is 2.34. The molecule has 154 valence electrons. The molecular formula is C18H22ClF3N4OS. The Hall–Kier alpha value is -1.48. The summed E-state index contributed by atoms with van der Waals surface area (Å²) in [5, 5.41) is 10.4. The van der Waals surface area contributed by atoms with Gasteiger partial charge in [0, 0.05) is 12.2 Å². The molecule has 0 bridgehead atoms. The van der Waals surface area contributed by atoms with Crippen LogP contribution in [0.1, 0.15) is 45.6 Å². The summed E-state index contributed by atoms with van der Waals surface area (Å²) in [5.41, 5.74) is -0.770. The Bertz CT molecular complexity index is 872. The maximum Gasteiger partial charge on any atom is 0.417 e. The number of hydrogen-bond donors (Lipinski definition) is 1. The first-order valence-electron chi connectivity index (χ1n) is 9.16. The average molecular weight is 435 g/mol. The van der Waals surface area contributed by atoms with E-state index in [2.05, 4.69) is 29.4 Å². The van der Waals surface area contributed by atoms with Gasteiger partial charge in [0.15, 0.2) is 10.8 Å². The minimum atomic E-state index is -4.54. The Morgan fingerprint density at radius 2 is 2.07 bits per heavy atom. The van der Waals surface area contributed by atoms with Gasteiger partial charge in [0.2, 0.25) is 5.91 Å². The van der Waals surface area contributed by atoms with Gasteiger partial charge >= 0.3 is 6.18 Å². The van der Waals surface area contributed by atoms with Crippen molar-refractivity contribution in [1.29, 1.82) is 0 Å². The molecule has 1 aliphatic rings. The normalized spacial score (nSPS) is 24.3. The molecule has 0 unspecified atom stereocenters. The zero-order valence-corrected chi connectivity index (χ0v) is 17.3. The van der Waals surface area contributed by atoms with E-state index in [0.717, 1.165) is 43.3 Å². The maximum atomic E-state index is 13.1. The molecule has 1 N–H and O–H groups in total. The topological polar surface area (TPSA) is 59.3 Å². The van der Waals surface area contributed by atoms with Crippen LogP contribution >= 0.6 is 23.4 Å². The van der Waals surface area contributed by atoms with E-state index < -0.39 is 17.0 Å². The summed E-state index contributed by atoms with van der Waals surface area (Å²) in [6.45, 7) is 6.03. The van der Waals surface area contributed by atoms with Crippen LogP contribution in [0.3, 0.4) is 0 Å². The number of aromatic nitrogens is 3. The summed E-state index contributed by atoms with van der Waals surface area (Å²) in [7, 11) is 0. The molecule has 0 aliphatic heterocycles. The minimum Gasteiger partial charge on any atom is -0.352 e. The number of carbonyl (C=O) groups is 1. The summed E-state index contributed by atoms with van der Waals surface area (Å²) in [4.78, 5) is 12.6. The van der Waals surface area contributed by atoms with Crippen LogP contribution in [0, 0.1) is 11.8 Å². The summed E-state index contributed by atoms with van der Waals surface area (Å²) < 4.78 is 40.4. The Morgan fingerprint density at radius 1 is 1.36 bits per heavy atom. The van der Waals surface area contributed by atoms with Crippen molar-refractivity contribution in [2.45, 2.75) is 62.7 Å². The number of alkyl halides is 3. The van der Waals surface area contributed by atoms with E-state index in [9.17, 15) is 18.0 Å². The van der Waals surface area contributed by atoms with E-state index in [0.29, 0.717) is 11.8 Å². The zero-order valence-electron chi connectivity index (χ0n) is 15.8. The van der Waals surface area contributed by atoms with E-state index in [1.165, 1.54) is 4.40 Å². The van der Waals surface area contributed by atoms with Crippen molar-refractivity contribution in [3.8, 4) is 0 Å². The standard InChI is InChI=1S/C18H22ClF3N4OS/c1-9-5-4-6-14(10(9)2)23-16(27)11(3)28-17-25-24-15-13(19)7-12(8-26(15)17)18(20,21)22/h7-11,14H,4-6H2,1-3H3,(H,23,27)/t9-,10+,11-,14+/m1/s1. The fourth-order valence-electron chi connectivity index (χ4n) is 3.47. The lowest BCUT2D eigenvalue weighted by Crippen LogP contribution is -2.46. The molecular weight excluding hydrogens is 413 g/mol. The lowest BCUT2D eigenvalue weighted by atomic mass is 9.78. The average Bonchev–Trinajstić information content (AvgIpc) is 3.01. The van der Waals surface area contributed by atoms with Crippen LogP contribution in [-0.2, 0) is 11.0 Å². The van der Waals surface area contributed by atoms with E-state index in [1.54, 1.807) is 6.92 Å². The molecule has 5 nitrogen and oxygen atoms in total.